The molecule has 0 amide bonds. The number of nitrogens with zero attached hydrogens (tertiary/aromatic N) is 1. The first-order chi connectivity index (χ1) is 13.3. The molecule has 2 aromatic carbocycles. The largest absolute Gasteiger partial charge is 0.289 e. The van der Waals surface area contributed by atoms with E-state index in [0.29, 0.717) is 23.9 Å². The second-order valence-corrected chi connectivity index (χ2v) is 12.0. The first kappa shape index (κ1) is 21.1. The minimum atomic E-state index is -3.44. The van der Waals surface area contributed by atoms with Gasteiger partial charge in [0.15, 0.2) is 5.25 Å². The van der Waals surface area contributed by atoms with Crippen molar-refractivity contribution in [2.45, 2.75) is 36.8 Å². The molecule has 1 aliphatic heterocycles. The van der Waals surface area contributed by atoms with Crippen molar-refractivity contribution in [2.24, 2.45) is 0 Å². The summed E-state index contributed by atoms with van der Waals surface area (Å²) in [5.41, 5.74) is 1.98. The van der Waals surface area contributed by atoms with Gasteiger partial charge in [0.05, 0.1) is 18.0 Å². The predicted octanol–water partition coefficient (Wildman–Crippen LogP) is 3.70. The monoisotopic (exact) mass is 418 g/mol. The zero-order valence-corrected chi connectivity index (χ0v) is 18.3. The highest BCUT2D eigenvalue weighted by Gasteiger charge is 2.39. The van der Waals surface area contributed by atoms with Crippen LogP contribution in [0, 0.1) is 0 Å². The lowest BCUT2D eigenvalue weighted by Crippen LogP contribution is -2.47. The van der Waals surface area contributed by atoms with E-state index in [1.807, 2.05) is 37.3 Å². The van der Waals surface area contributed by atoms with E-state index in [9.17, 15) is 13.2 Å². The quantitative estimate of drug-likeness (QED) is 0.531. The number of hydrogen-bond acceptors (Lipinski definition) is 3. The van der Waals surface area contributed by atoms with Gasteiger partial charge in [-0.3, -0.25) is 4.79 Å². The third-order valence-electron chi connectivity index (χ3n) is 5.32. The van der Waals surface area contributed by atoms with Gasteiger partial charge in [0.1, 0.15) is 11.5 Å². The van der Waals surface area contributed by atoms with Crippen molar-refractivity contribution in [3.8, 4) is 0 Å². The minimum absolute atomic E-state index is 0.0773. The number of Topliss-reactive ketones (excluding diaryl/α,β-unsaturated/α-hetero) is 1. The normalized spacial score (nSPS) is 17.6. The molecule has 0 aliphatic carbocycles. The van der Waals surface area contributed by atoms with Crippen LogP contribution in [0.3, 0.4) is 0 Å². The Kier molecular flexibility index (Phi) is 6.63. The van der Waals surface area contributed by atoms with E-state index in [0.717, 1.165) is 17.1 Å². The molecule has 0 N–H and O–H groups in total. The maximum Gasteiger partial charge on any atom is 0.243 e. The summed E-state index contributed by atoms with van der Waals surface area (Å²) in [6.07, 6.45) is 0. The highest BCUT2D eigenvalue weighted by Crippen LogP contribution is 2.23. The van der Waals surface area contributed by atoms with Gasteiger partial charge in [-0.25, -0.2) is 8.42 Å². The Bertz CT molecular complexity index is 901. The molecular formula is C22H28NO3S2+. The molecule has 1 saturated heterocycles. The second kappa shape index (κ2) is 8.80. The van der Waals surface area contributed by atoms with Crippen LogP contribution in [-0.2, 0) is 20.9 Å². The van der Waals surface area contributed by atoms with Gasteiger partial charge in [0.25, 0.3) is 0 Å². The highest BCUT2D eigenvalue weighted by atomic mass is 32.2. The summed E-state index contributed by atoms with van der Waals surface area (Å²) in [5, 5.41) is -0.0773. The van der Waals surface area contributed by atoms with Crippen molar-refractivity contribution >= 4 is 26.7 Å². The summed E-state index contributed by atoms with van der Waals surface area (Å²) < 4.78 is 27.1. The van der Waals surface area contributed by atoms with Gasteiger partial charge in [-0.15, -0.1) is 0 Å². The maximum absolute atomic E-state index is 12.9. The standard InChI is InChI=1S/C22H28NO3S2/c1-17(2)19-9-11-20(12-10-19)22(24)18(3)27-15-13-23(14-16-27)28(25,26)21-7-5-4-6-8-21/h4-12,17-18H,13-16H2,1-3H3/q+1. The Labute approximate surface area is 171 Å². The van der Waals surface area contributed by atoms with Crippen LogP contribution in [-0.4, -0.2) is 48.4 Å². The molecule has 1 heterocycles. The Balaban J connectivity index is 1.63. The van der Waals surface area contributed by atoms with E-state index < -0.39 is 10.0 Å². The third kappa shape index (κ3) is 4.50. The summed E-state index contributed by atoms with van der Waals surface area (Å²) in [4.78, 5) is 13.2. The van der Waals surface area contributed by atoms with Gasteiger partial charge < -0.3 is 0 Å². The SMILES string of the molecule is CC(C)c1ccc(C(=O)C(C)[S+]2CCN(S(=O)(=O)c3ccccc3)CC2)cc1. The Hall–Kier alpha value is -1.63. The molecule has 150 valence electrons. The molecule has 1 atom stereocenters. The summed E-state index contributed by atoms with van der Waals surface area (Å²) in [6, 6.07) is 16.5. The maximum atomic E-state index is 12.9. The molecule has 1 aliphatic rings. The first-order valence-corrected chi connectivity index (χ1v) is 12.7. The van der Waals surface area contributed by atoms with Gasteiger partial charge in [-0.2, -0.15) is 4.31 Å². The van der Waals surface area contributed by atoms with Gasteiger partial charge >= 0.3 is 0 Å². The summed E-state index contributed by atoms with van der Waals surface area (Å²) in [6.45, 7) is 7.22. The molecule has 3 rings (SSSR count). The Morgan fingerprint density at radius 2 is 1.50 bits per heavy atom. The fraction of sp³-hybridized carbons (Fsp3) is 0.409. The average Bonchev–Trinajstić information content (AvgIpc) is 2.73. The predicted molar refractivity (Wildman–Crippen MR) is 117 cm³/mol. The Morgan fingerprint density at radius 1 is 0.929 bits per heavy atom. The number of carbonyl (C=O) groups is 1. The summed E-state index contributed by atoms with van der Waals surface area (Å²) in [5.74, 6) is 2.09. The molecule has 0 saturated carbocycles. The lowest BCUT2D eigenvalue weighted by atomic mass is 10.00. The fourth-order valence-electron chi connectivity index (χ4n) is 3.41. The third-order valence-corrected chi connectivity index (χ3v) is 9.86. The van der Waals surface area contributed by atoms with Gasteiger partial charge in [0, 0.05) is 16.5 Å². The van der Waals surface area contributed by atoms with Gasteiger partial charge in [0.2, 0.25) is 15.8 Å². The van der Waals surface area contributed by atoms with Crippen LogP contribution in [0.25, 0.3) is 0 Å². The second-order valence-electron chi connectivity index (χ2n) is 7.45. The van der Waals surface area contributed by atoms with Crippen molar-refractivity contribution in [1.82, 2.24) is 4.31 Å². The van der Waals surface area contributed by atoms with Crippen LogP contribution >= 0.6 is 0 Å². The van der Waals surface area contributed by atoms with Crippen molar-refractivity contribution in [3.05, 3.63) is 65.7 Å². The number of sulfonamides is 1. The highest BCUT2D eigenvalue weighted by molar-refractivity contribution is 7.98. The van der Waals surface area contributed by atoms with Crippen LogP contribution in [0.5, 0.6) is 0 Å². The van der Waals surface area contributed by atoms with Gasteiger partial charge in [-0.05, 0) is 30.5 Å². The molecule has 0 bridgehead atoms. The van der Waals surface area contributed by atoms with Gasteiger partial charge in [-0.1, -0.05) is 56.3 Å². The van der Waals surface area contributed by atoms with E-state index in [2.05, 4.69) is 13.8 Å². The number of benzene rings is 2. The molecule has 6 heteroatoms. The molecule has 0 radical (unpaired) electrons. The van der Waals surface area contributed by atoms with Crippen LogP contribution in [0.1, 0.15) is 42.6 Å². The van der Waals surface area contributed by atoms with Crippen molar-refractivity contribution in [3.63, 3.8) is 0 Å². The number of rotatable bonds is 6. The zero-order chi connectivity index (χ0) is 20.3. The smallest absolute Gasteiger partial charge is 0.243 e. The van der Waals surface area contributed by atoms with E-state index >= 15 is 0 Å². The van der Waals surface area contributed by atoms with Crippen LogP contribution < -0.4 is 0 Å². The number of ketones is 1. The van der Waals surface area contributed by atoms with Crippen molar-refractivity contribution < 1.29 is 13.2 Å². The fourth-order valence-corrected chi connectivity index (χ4v) is 7.36. The Morgan fingerprint density at radius 3 is 2.04 bits per heavy atom. The molecule has 4 nitrogen and oxygen atoms in total. The molecule has 2 aromatic rings. The zero-order valence-electron chi connectivity index (χ0n) is 16.7. The van der Waals surface area contributed by atoms with E-state index in [1.54, 1.807) is 28.6 Å². The minimum Gasteiger partial charge on any atom is -0.289 e. The average molecular weight is 419 g/mol. The van der Waals surface area contributed by atoms with Crippen molar-refractivity contribution in [2.75, 3.05) is 24.6 Å². The van der Waals surface area contributed by atoms with E-state index in [-0.39, 0.29) is 21.9 Å². The van der Waals surface area contributed by atoms with Crippen molar-refractivity contribution in [1.29, 1.82) is 0 Å². The van der Waals surface area contributed by atoms with Crippen LogP contribution in [0.4, 0.5) is 0 Å². The molecule has 0 spiro atoms. The lowest BCUT2D eigenvalue weighted by Gasteiger charge is -2.28. The number of hydrogen-bond donors (Lipinski definition) is 0. The number of carbonyl (C=O) groups excluding carboxylic acids is 1. The van der Waals surface area contributed by atoms with Crippen LogP contribution in [0.2, 0.25) is 0 Å². The van der Waals surface area contributed by atoms with Crippen LogP contribution in [0.15, 0.2) is 59.5 Å². The topological polar surface area (TPSA) is 54.5 Å². The van der Waals surface area contributed by atoms with E-state index in [1.165, 1.54) is 5.56 Å². The molecular weight excluding hydrogens is 390 g/mol. The molecule has 28 heavy (non-hydrogen) atoms. The summed E-state index contributed by atoms with van der Waals surface area (Å²) in [7, 11) is -3.55. The first-order valence-electron chi connectivity index (χ1n) is 9.66. The molecule has 0 aromatic heterocycles. The molecule has 1 unspecified atom stereocenters. The molecule has 1 fully saturated rings. The van der Waals surface area contributed by atoms with E-state index in [4.69, 9.17) is 0 Å². The lowest BCUT2D eigenvalue weighted by molar-refractivity contribution is 0.0993. The summed E-state index contributed by atoms with van der Waals surface area (Å²) >= 11 is 0.